The quantitative estimate of drug-likeness (QED) is 0.743. The highest BCUT2D eigenvalue weighted by Crippen LogP contribution is 2.40. The van der Waals surface area contributed by atoms with Crippen LogP contribution in [0.25, 0.3) is 0 Å². The van der Waals surface area contributed by atoms with Crippen LogP contribution < -0.4 is 4.72 Å². The molecule has 0 aromatic heterocycles. The number of rotatable bonds is 3. The van der Waals surface area contributed by atoms with Gasteiger partial charge in [0.25, 0.3) is 10.2 Å². The minimum absolute atomic E-state index is 0.145. The Bertz CT molecular complexity index is 360. The molecule has 1 saturated carbocycles. The topological polar surface area (TPSA) is 69.6 Å². The van der Waals surface area contributed by atoms with Crippen molar-refractivity contribution in [3.05, 3.63) is 0 Å². The largest absolute Gasteiger partial charge is 0.392 e. The fourth-order valence-corrected chi connectivity index (χ4v) is 3.93. The Hall–Kier alpha value is -0.170. The van der Waals surface area contributed by atoms with E-state index in [0.717, 1.165) is 12.8 Å². The van der Waals surface area contributed by atoms with Crippen LogP contribution in [-0.2, 0) is 10.2 Å². The molecule has 94 valence electrons. The SMILES string of the molecule is CC1(C)C(O)CC1NS(=O)(=O)N1CCCC1. The number of hydrogen-bond donors (Lipinski definition) is 2. The van der Waals surface area contributed by atoms with Crippen molar-refractivity contribution in [1.82, 2.24) is 9.03 Å². The molecule has 2 atom stereocenters. The fraction of sp³-hybridized carbons (Fsp3) is 1.00. The van der Waals surface area contributed by atoms with Crippen LogP contribution >= 0.6 is 0 Å². The molecule has 16 heavy (non-hydrogen) atoms. The zero-order valence-electron chi connectivity index (χ0n) is 9.81. The molecule has 0 aromatic carbocycles. The molecule has 0 spiro atoms. The molecule has 0 amide bonds. The van der Waals surface area contributed by atoms with Crippen molar-refractivity contribution in [2.24, 2.45) is 5.41 Å². The number of hydrogen-bond acceptors (Lipinski definition) is 3. The third-order valence-electron chi connectivity index (χ3n) is 3.91. The molecule has 0 radical (unpaired) electrons. The molecule has 5 nitrogen and oxygen atoms in total. The van der Waals surface area contributed by atoms with Crippen molar-refractivity contribution < 1.29 is 13.5 Å². The van der Waals surface area contributed by atoms with E-state index in [0.29, 0.717) is 19.5 Å². The Morgan fingerprint density at radius 1 is 1.31 bits per heavy atom. The lowest BCUT2D eigenvalue weighted by Crippen LogP contribution is -2.62. The first-order valence-electron chi connectivity index (χ1n) is 5.79. The highest BCUT2D eigenvalue weighted by atomic mass is 32.2. The summed E-state index contributed by atoms with van der Waals surface area (Å²) in [4.78, 5) is 0. The maximum Gasteiger partial charge on any atom is 0.279 e. The summed E-state index contributed by atoms with van der Waals surface area (Å²) >= 11 is 0. The molecule has 2 rings (SSSR count). The van der Waals surface area contributed by atoms with Crippen LogP contribution in [0.3, 0.4) is 0 Å². The average molecular weight is 248 g/mol. The van der Waals surface area contributed by atoms with Gasteiger partial charge in [0.15, 0.2) is 0 Å². The first-order valence-corrected chi connectivity index (χ1v) is 7.23. The summed E-state index contributed by atoms with van der Waals surface area (Å²) < 4.78 is 28.1. The van der Waals surface area contributed by atoms with Gasteiger partial charge in [0.1, 0.15) is 0 Å². The summed E-state index contributed by atoms with van der Waals surface area (Å²) in [6, 6.07) is -0.145. The monoisotopic (exact) mass is 248 g/mol. The summed E-state index contributed by atoms with van der Waals surface area (Å²) in [5.74, 6) is 0. The molecule has 6 heteroatoms. The van der Waals surface area contributed by atoms with E-state index in [-0.39, 0.29) is 11.5 Å². The van der Waals surface area contributed by atoms with Crippen molar-refractivity contribution >= 4 is 10.2 Å². The van der Waals surface area contributed by atoms with Crippen molar-refractivity contribution in [2.75, 3.05) is 13.1 Å². The van der Waals surface area contributed by atoms with Crippen molar-refractivity contribution in [3.63, 3.8) is 0 Å². The van der Waals surface area contributed by atoms with E-state index in [2.05, 4.69) is 4.72 Å². The normalized spacial score (nSPS) is 34.9. The molecule has 2 aliphatic rings. The zero-order chi connectivity index (χ0) is 12.0. The van der Waals surface area contributed by atoms with Crippen LogP contribution in [0.4, 0.5) is 0 Å². The summed E-state index contributed by atoms with van der Waals surface area (Å²) in [5, 5.41) is 9.56. The molecular weight excluding hydrogens is 228 g/mol. The van der Waals surface area contributed by atoms with Gasteiger partial charge in [-0.3, -0.25) is 0 Å². The molecule has 1 aliphatic carbocycles. The maximum absolute atomic E-state index is 12.0. The van der Waals surface area contributed by atoms with E-state index >= 15 is 0 Å². The van der Waals surface area contributed by atoms with Gasteiger partial charge < -0.3 is 5.11 Å². The molecule has 2 N–H and O–H groups in total. The Morgan fingerprint density at radius 2 is 1.88 bits per heavy atom. The highest BCUT2D eigenvalue weighted by molar-refractivity contribution is 7.87. The minimum Gasteiger partial charge on any atom is -0.392 e. The maximum atomic E-state index is 12.0. The van der Waals surface area contributed by atoms with Gasteiger partial charge in [0.05, 0.1) is 6.10 Å². The minimum atomic E-state index is -3.34. The Morgan fingerprint density at radius 3 is 2.31 bits per heavy atom. The zero-order valence-corrected chi connectivity index (χ0v) is 10.6. The van der Waals surface area contributed by atoms with Crippen LogP contribution in [0, 0.1) is 5.41 Å². The summed E-state index contributed by atoms with van der Waals surface area (Å²) in [7, 11) is -3.34. The second-order valence-electron chi connectivity index (χ2n) is 5.35. The fourth-order valence-electron chi connectivity index (χ4n) is 2.29. The molecule has 2 fully saturated rings. The predicted octanol–water partition coefficient (Wildman–Crippen LogP) is 0.0760. The van der Waals surface area contributed by atoms with Crippen LogP contribution in [-0.4, -0.2) is 43.1 Å². The van der Waals surface area contributed by atoms with Gasteiger partial charge in [-0.25, -0.2) is 0 Å². The number of aliphatic hydroxyl groups is 1. The Kier molecular flexibility index (Phi) is 3.03. The van der Waals surface area contributed by atoms with Crippen LogP contribution in [0.1, 0.15) is 33.1 Å². The number of aliphatic hydroxyl groups excluding tert-OH is 1. The highest BCUT2D eigenvalue weighted by Gasteiger charge is 2.49. The number of nitrogens with zero attached hydrogens (tertiary/aromatic N) is 1. The van der Waals surface area contributed by atoms with Gasteiger partial charge in [-0.1, -0.05) is 13.8 Å². The van der Waals surface area contributed by atoms with E-state index in [1.165, 1.54) is 4.31 Å². The lowest BCUT2D eigenvalue weighted by molar-refractivity contribution is -0.0649. The molecule has 0 bridgehead atoms. The lowest BCUT2D eigenvalue weighted by Gasteiger charge is -2.49. The van der Waals surface area contributed by atoms with Gasteiger partial charge in [-0.15, -0.1) is 0 Å². The summed E-state index contributed by atoms with van der Waals surface area (Å²) in [6.45, 7) is 5.01. The van der Waals surface area contributed by atoms with Crippen molar-refractivity contribution in [1.29, 1.82) is 0 Å². The van der Waals surface area contributed by atoms with Gasteiger partial charge in [0, 0.05) is 24.5 Å². The smallest absolute Gasteiger partial charge is 0.279 e. The van der Waals surface area contributed by atoms with Gasteiger partial charge >= 0.3 is 0 Å². The van der Waals surface area contributed by atoms with Crippen LogP contribution in [0.5, 0.6) is 0 Å². The molecule has 1 saturated heterocycles. The third kappa shape index (κ3) is 1.99. The van der Waals surface area contributed by atoms with E-state index in [4.69, 9.17) is 0 Å². The van der Waals surface area contributed by atoms with E-state index in [1.54, 1.807) is 0 Å². The Labute approximate surface area is 97.0 Å². The first-order chi connectivity index (χ1) is 7.34. The van der Waals surface area contributed by atoms with E-state index in [1.807, 2.05) is 13.8 Å². The van der Waals surface area contributed by atoms with Crippen molar-refractivity contribution in [2.45, 2.75) is 45.3 Å². The molecule has 0 aromatic rings. The lowest BCUT2D eigenvalue weighted by atomic mass is 9.65. The van der Waals surface area contributed by atoms with Gasteiger partial charge in [-0.05, 0) is 19.3 Å². The first kappa shape index (κ1) is 12.3. The molecular formula is C10H20N2O3S. The second-order valence-corrected chi connectivity index (χ2v) is 7.06. The van der Waals surface area contributed by atoms with Crippen LogP contribution in [0.15, 0.2) is 0 Å². The summed E-state index contributed by atoms with van der Waals surface area (Å²) in [6.07, 6.45) is 1.99. The third-order valence-corrected chi connectivity index (χ3v) is 5.54. The summed E-state index contributed by atoms with van der Waals surface area (Å²) in [5.41, 5.74) is -0.354. The standard InChI is InChI=1S/C10H20N2O3S/c1-10(2)8(7-9(10)13)11-16(14,15)12-5-3-4-6-12/h8-9,11,13H,3-7H2,1-2H3. The van der Waals surface area contributed by atoms with Crippen molar-refractivity contribution in [3.8, 4) is 0 Å². The van der Waals surface area contributed by atoms with E-state index in [9.17, 15) is 13.5 Å². The van der Waals surface area contributed by atoms with E-state index < -0.39 is 16.3 Å². The number of nitrogens with one attached hydrogen (secondary N) is 1. The molecule has 1 heterocycles. The average Bonchev–Trinajstić information content (AvgIpc) is 2.70. The Balaban J connectivity index is 2.00. The second kappa shape index (κ2) is 3.94. The van der Waals surface area contributed by atoms with Gasteiger partial charge in [-0.2, -0.15) is 17.4 Å². The predicted molar refractivity (Wildman–Crippen MR) is 61.1 cm³/mol. The molecule has 2 unspecified atom stereocenters. The molecule has 1 aliphatic heterocycles. The van der Waals surface area contributed by atoms with Crippen LogP contribution in [0.2, 0.25) is 0 Å². The van der Waals surface area contributed by atoms with Gasteiger partial charge in [0.2, 0.25) is 0 Å².